The van der Waals surface area contributed by atoms with Crippen LogP contribution in [0.25, 0.3) is 0 Å². The summed E-state index contributed by atoms with van der Waals surface area (Å²) < 4.78 is 13.5. The van der Waals surface area contributed by atoms with Crippen molar-refractivity contribution in [2.24, 2.45) is 0 Å². The van der Waals surface area contributed by atoms with Gasteiger partial charge in [-0.25, -0.2) is 4.39 Å². The molecule has 0 unspecified atom stereocenters. The lowest BCUT2D eigenvalue weighted by Gasteiger charge is -2.09. The summed E-state index contributed by atoms with van der Waals surface area (Å²) in [7, 11) is 0. The molecule has 0 saturated heterocycles. The SMILES string of the molecule is Cc1ccccc1CCC(=O)Nc1c(N)cccc1F. The molecular weight excluding hydrogens is 255 g/mol. The highest BCUT2D eigenvalue weighted by atomic mass is 19.1. The molecule has 0 radical (unpaired) electrons. The van der Waals surface area contributed by atoms with Gasteiger partial charge < -0.3 is 11.1 Å². The van der Waals surface area contributed by atoms with Crippen molar-refractivity contribution in [3.63, 3.8) is 0 Å². The van der Waals surface area contributed by atoms with Gasteiger partial charge in [0.2, 0.25) is 5.91 Å². The first-order valence-electron chi connectivity index (χ1n) is 6.46. The van der Waals surface area contributed by atoms with Crippen LogP contribution in [0.5, 0.6) is 0 Å². The summed E-state index contributed by atoms with van der Waals surface area (Å²) >= 11 is 0. The Morgan fingerprint density at radius 1 is 1.20 bits per heavy atom. The predicted molar refractivity (Wildman–Crippen MR) is 78.9 cm³/mol. The maximum atomic E-state index is 13.5. The highest BCUT2D eigenvalue weighted by Crippen LogP contribution is 2.22. The highest BCUT2D eigenvalue weighted by Gasteiger charge is 2.10. The van der Waals surface area contributed by atoms with E-state index in [2.05, 4.69) is 5.32 Å². The molecule has 0 atom stereocenters. The van der Waals surface area contributed by atoms with E-state index in [-0.39, 0.29) is 17.3 Å². The van der Waals surface area contributed by atoms with Gasteiger partial charge in [-0.15, -0.1) is 0 Å². The molecule has 4 heteroatoms. The van der Waals surface area contributed by atoms with Gasteiger partial charge in [0.25, 0.3) is 0 Å². The molecule has 0 bridgehead atoms. The van der Waals surface area contributed by atoms with E-state index >= 15 is 0 Å². The minimum absolute atomic E-state index is 0.0577. The summed E-state index contributed by atoms with van der Waals surface area (Å²) in [4.78, 5) is 11.9. The van der Waals surface area contributed by atoms with E-state index in [1.807, 2.05) is 31.2 Å². The van der Waals surface area contributed by atoms with Gasteiger partial charge in [-0.3, -0.25) is 4.79 Å². The lowest BCUT2D eigenvalue weighted by molar-refractivity contribution is -0.116. The van der Waals surface area contributed by atoms with Crippen LogP contribution in [0.3, 0.4) is 0 Å². The molecule has 20 heavy (non-hydrogen) atoms. The van der Waals surface area contributed by atoms with Crippen molar-refractivity contribution in [3.8, 4) is 0 Å². The van der Waals surface area contributed by atoms with E-state index in [0.717, 1.165) is 11.1 Å². The number of nitrogen functional groups attached to an aromatic ring is 1. The molecule has 2 aromatic rings. The normalized spacial score (nSPS) is 10.3. The van der Waals surface area contributed by atoms with E-state index in [4.69, 9.17) is 5.73 Å². The first-order chi connectivity index (χ1) is 9.58. The third-order valence-corrected chi connectivity index (χ3v) is 3.19. The Morgan fingerprint density at radius 3 is 2.65 bits per heavy atom. The zero-order chi connectivity index (χ0) is 14.5. The van der Waals surface area contributed by atoms with Crippen LogP contribution in [-0.2, 0) is 11.2 Å². The van der Waals surface area contributed by atoms with E-state index in [1.54, 1.807) is 6.07 Å². The van der Waals surface area contributed by atoms with Crippen LogP contribution in [-0.4, -0.2) is 5.91 Å². The fourth-order valence-corrected chi connectivity index (χ4v) is 2.01. The molecule has 0 spiro atoms. The molecule has 0 aliphatic carbocycles. The second-order valence-corrected chi connectivity index (χ2v) is 4.68. The number of carbonyl (C=O) groups excluding carboxylic acids is 1. The standard InChI is InChI=1S/C16H17FN2O/c1-11-5-2-3-6-12(11)9-10-15(20)19-16-13(17)7-4-8-14(16)18/h2-8H,9-10,18H2,1H3,(H,19,20). The molecule has 104 valence electrons. The number of nitrogens with one attached hydrogen (secondary N) is 1. The van der Waals surface area contributed by atoms with Gasteiger partial charge in [0.15, 0.2) is 0 Å². The summed E-state index contributed by atoms with van der Waals surface area (Å²) in [6, 6.07) is 12.2. The third-order valence-electron chi connectivity index (χ3n) is 3.19. The number of anilines is 2. The fourth-order valence-electron chi connectivity index (χ4n) is 2.01. The maximum Gasteiger partial charge on any atom is 0.224 e. The second kappa shape index (κ2) is 6.19. The number of nitrogens with two attached hydrogens (primary N) is 1. The third kappa shape index (κ3) is 3.35. The Labute approximate surface area is 117 Å². The number of carbonyl (C=O) groups is 1. The summed E-state index contributed by atoms with van der Waals surface area (Å²) in [6.45, 7) is 2.00. The molecule has 0 saturated carbocycles. The molecule has 3 nitrogen and oxygen atoms in total. The Hall–Kier alpha value is -2.36. The Balaban J connectivity index is 1.98. The topological polar surface area (TPSA) is 55.1 Å². The van der Waals surface area contributed by atoms with Gasteiger partial charge in [0.05, 0.1) is 5.69 Å². The minimum atomic E-state index is -0.519. The van der Waals surface area contributed by atoms with E-state index in [9.17, 15) is 9.18 Å². The fraction of sp³-hybridized carbons (Fsp3) is 0.188. The van der Waals surface area contributed by atoms with Crippen LogP contribution < -0.4 is 11.1 Å². The van der Waals surface area contributed by atoms with Crippen LogP contribution in [0.2, 0.25) is 0 Å². The van der Waals surface area contributed by atoms with Crippen molar-refractivity contribution in [2.75, 3.05) is 11.1 Å². The van der Waals surface area contributed by atoms with Crippen molar-refractivity contribution in [2.45, 2.75) is 19.8 Å². The quantitative estimate of drug-likeness (QED) is 0.839. The molecule has 2 rings (SSSR count). The number of rotatable bonds is 4. The molecule has 0 fully saturated rings. The summed E-state index contributed by atoms with van der Waals surface area (Å²) in [5.74, 6) is -0.765. The summed E-state index contributed by atoms with van der Waals surface area (Å²) in [5, 5.41) is 2.53. The number of benzene rings is 2. The van der Waals surface area contributed by atoms with Gasteiger partial charge in [-0.2, -0.15) is 0 Å². The average Bonchev–Trinajstić information content (AvgIpc) is 2.42. The number of para-hydroxylation sites is 1. The molecular formula is C16H17FN2O. The maximum absolute atomic E-state index is 13.5. The van der Waals surface area contributed by atoms with Crippen molar-refractivity contribution < 1.29 is 9.18 Å². The smallest absolute Gasteiger partial charge is 0.224 e. The number of hydrogen-bond donors (Lipinski definition) is 2. The lowest BCUT2D eigenvalue weighted by Crippen LogP contribution is -2.15. The van der Waals surface area contributed by atoms with Crippen LogP contribution >= 0.6 is 0 Å². The van der Waals surface area contributed by atoms with Crippen molar-refractivity contribution >= 4 is 17.3 Å². The average molecular weight is 272 g/mol. The Kier molecular flexibility index (Phi) is 4.35. The number of aryl methyl sites for hydroxylation is 2. The zero-order valence-electron chi connectivity index (χ0n) is 11.3. The molecule has 1 amide bonds. The first-order valence-corrected chi connectivity index (χ1v) is 6.46. The zero-order valence-corrected chi connectivity index (χ0v) is 11.3. The summed E-state index contributed by atoms with van der Waals surface area (Å²) in [5.41, 5.74) is 8.19. The monoisotopic (exact) mass is 272 g/mol. The molecule has 0 aliphatic rings. The van der Waals surface area contributed by atoms with Crippen molar-refractivity contribution in [1.29, 1.82) is 0 Å². The highest BCUT2D eigenvalue weighted by molar-refractivity contribution is 5.94. The molecule has 3 N–H and O–H groups in total. The second-order valence-electron chi connectivity index (χ2n) is 4.68. The van der Waals surface area contributed by atoms with Crippen LogP contribution in [0.1, 0.15) is 17.5 Å². The molecule has 2 aromatic carbocycles. The Morgan fingerprint density at radius 2 is 1.95 bits per heavy atom. The lowest BCUT2D eigenvalue weighted by atomic mass is 10.0. The molecule has 0 aromatic heterocycles. The van der Waals surface area contributed by atoms with E-state index in [1.165, 1.54) is 12.1 Å². The van der Waals surface area contributed by atoms with Gasteiger partial charge in [-0.1, -0.05) is 30.3 Å². The van der Waals surface area contributed by atoms with Crippen molar-refractivity contribution in [1.82, 2.24) is 0 Å². The van der Waals surface area contributed by atoms with E-state index in [0.29, 0.717) is 12.8 Å². The van der Waals surface area contributed by atoms with E-state index < -0.39 is 5.82 Å². The number of halogens is 1. The van der Waals surface area contributed by atoms with Crippen LogP contribution in [0.4, 0.5) is 15.8 Å². The largest absolute Gasteiger partial charge is 0.397 e. The minimum Gasteiger partial charge on any atom is -0.397 e. The molecule has 0 aliphatic heterocycles. The predicted octanol–water partition coefficient (Wildman–Crippen LogP) is 3.29. The van der Waals surface area contributed by atoms with Gasteiger partial charge in [-0.05, 0) is 36.6 Å². The molecule has 0 heterocycles. The summed E-state index contributed by atoms with van der Waals surface area (Å²) in [6.07, 6.45) is 0.908. The number of amides is 1. The van der Waals surface area contributed by atoms with Gasteiger partial charge >= 0.3 is 0 Å². The van der Waals surface area contributed by atoms with Crippen LogP contribution in [0, 0.1) is 12.7 Å². The number of hydrogen-bond acceptors (Lipinski definition) is 2. The first kappa shape index (κ1) is 14.1. The Bertz CT molecular complexity index is 605. The van der Waals surface area contributed by atoms with Gasteiger partial charge in [0, 0.05) is 6.42 Å². The van der Waals surface area contributed by atoms with Crippen LogP contribution in [0.15, 0.2) is 42.5 Å². The van der Waals surface area contributed by atoms with Crippen molar-refractivity contribution in [3.05, 3.63) is 59.4 Å². The van der Waals surface area contributed by atoms with Gasteiger partial charge in [0.1, 0.15) is 11.5 Å².